The Morgan fingerprint density at radius 2 is 2.14 bits per heavy atom. The largest absolute Gasteiger partial charge is 0.494 e. The number of amides is 1. The quantitative estimate of drug-likeness (QED) is 0.786. The van der Waals surface area contributed by atoms with Gasteiger partial charge in [0.1, 0.15) is 11.4 Å². The van der Waals surface area contributed by atoms with Gasteiger partial charge in [-0.2, -0.15) is 10.2 Å². The average Bonchev–Trinajstić information content (AvgIpc) is 3.26. The van der Waals surface area contributed by atoms with Gasteiger partial charge in [0.25, 0.3) is 0 Å². The first kappa shape index (κ1) is 16.0. The third-order valence-electron chi connectivity index (χ3n) is 3.58. The topological polar surface area (TPSA) is 75.9 Å². The Bertz CT molecular complexity index is 640. The number of carbonyl (C=O) groups is 1. The smallest absolute Gasteiger partial charge is 0.224 e. The maximum absolute atomic E-state index is 12.1. The van der Waals surface area contributed by atoms with Crippen LogP contribution in [0.15, 0.2) is 16.3 Å². The molecule has 2 rings (SSSR count). The second-order valence-electron chi connectivity index (χ2n) is 5.36. The Balaban J connectivity index is 1.94. The van der Waals surface area contributed by atoms with Crippen molar-refractivity contribution in [3.05, 3.63) is 17.5 Å². The van der Waals surface area contributed by atoms with Crippen molar-refractivity contribution >= 4 is 11.6 Å². The number of terminal acetylenes is 1. The predicted octanol–water partition coefficient (Wildman–Crippen LogP) is 3.00. The van der Waals surface area contributed by atoms with Crippen LogP contribution in [0.2, 0.25) is 0 Å². The van der Waals surface area contributed by atoms with Gasteiger partial charge in [0.05, 0.1) is 12.8 Å². The minimum atomic E-state index is -0.436. The van der Waals surface area contributed by atoms with E-state index in [0.29, 0.717) is 37.1 Å². The van der Waals surface area contributed by atoms with E-state index in [1.54, 1.807) is 13.2 Å². The molecule has 0 spiro atoms. The second-order valence-corrected chi connectivity index (χ2v) is 5.36. The maximum Gasteiger partial charge on any atom is 0.224 e. The van der Waals surface area contributed by atoms with Crippen molar-refractivity contribution in [3.63, 3.8) is 0 Å². The summed E-state index contributed by atoms with van der Waals surface area (Å²) in [6.45, 7) is 3.72. The zero-order valence-electron chi connectivity index (χ0n) is 13.1. The number of hydrogen-bond donors (Lipinski definition) is 1. The molecule has 6 heteroatoms. The van der Waals surface area contributed by atoms with Crippen LogP contribution in [0.3, 0.4) is 0 Å². The van der Waals surface area contributed by atoms with Crippen LogP contribution in [0, 0.1) is 26.2 Å². The van der Waals surface area contributed by atoms with Gasteiger partial charge >= 0.3 is 0 Å². The average molecular weight is 300 g/mol. The first-order valence-electron chi connectivity index (χ1n) is 7.19. The van der Waals surface area contributed by atoms with E-state index in [9.17, 15) is 4.79 Å². The second kappa shape index (κ2) is 6.56. The van der Waals surface area contributed by atoms with E-state index < -0.39 is 5.66 Å². The number of nitrogens with zero attached hydrogens (tertiary/aromatic N) is 3. The number of methoxy groups -OCH3 is 1. The van der Waals surface area contributed by atoms with Gasteiger partial charge in [-0.3, -0.25) is 9.78 Å². The first-order chi connectivity index (χ1) is 10.5. The number of carbonyl (C=O) groups excluding carboxylic acids is 1. The maximum atomic E-state index is 12.1. The molecule has 116 valence electrons. The van der Waals surface area contributed by atoms with Crippen molar-refractivity contribution in [3.8, 4) is 18.1 Å². The van der Waals surface area contributed by atoms with Crippen molar-refractivity contribution in [2.75, 3.05) is 12.4 Å². The van der Waals surface area contributed by atoms with Crippen molar-refractivity contribution in [1.82, 2.24) is 4.98 Å². The zero-order chi connectivity index (χ0) is 16.2. The monoisotopic (exact) mass is 300 g/mol. The van der Waals surface area contributed by atoms with Crippen LogP contribution in [0.4, 0.5) is 5.69 Å². The lowest BCUT2D eigenvalue weighted by Gasteiger charge is -2.14. The highest BCUT2D eigenvalue weighted by Crippen LogP contribution is 2.37. The van der Waals surface area contributed by atoms with Gasteiger partial charge < -0.3 is 10.1 Å². The Labute approximate surface area is 130 Å². The summed E-state index contributed by atoms with van der Waals surface area (Å²) in [4.78, 5) is 16.5. The van der Waals surface area contributed by atoms with E-state index in [0.717, 1.165) is 11.4 Å². The molecule has 0 unspecified atom stereocenters. The summed E-state index contributed by atoms with van der Waals surface area (Å²) >= 11 is 0. The number of pyridine rings is 1. The summed E-state index contributed by atoms with van der Waals surface area (Å²) in [5.74, 6) is 3.08. The molecule has 1 N–H and O–H groups in total. The van der Waals surface area contributed by atoms with Crippen LogP contribution in [0.5, 0.6) is 5.75 Å². The van der Waals surface area contributed by atoms with Crippen LogP contribution < -0.4 is 10.1 Å². The Morgan fingerprint density at radius 1 is 1.41 bits per heavy atom. The van der Waals surface area contributed by atoms with Crippen LogP contribution in [-0.4, -0.2) is 23.7 Å². The molecular formula is C16H20N4O2. The molecule has 1 amide bonds. The number of hydrogen-bond acceptors (Lipinski definition) is 5. The molecule has 1 aliphatic heterocycles. The van der Waals surface area contributed by atoms with Crippen molar-refractivity contribution in [2.24, 2.45) is 10.2 Å². The van der Waals surface area contributed by atoms with Gasteiger partial charge in [-0.1, -0.05) is 0 Å². The number of nitrogens with one attached hydrogen (secondary N) is 1. The molecule has 0 aromatic carbocycles. The fraction of sp³-hybridized carbons (Fsp3) is 0.500. The van der Waals surface area contributed by atoms with Gasteiger partial charge in [0, 0.05) is 37.4 Å². The molecule has 0 saturated heterocycles. The fourth-order valence-electron chi connectivity index (χ4n) is 2.29. The molecule has 0 fully saturated rings. The van der Waals surface area contributed by atoms with Crippen molar-refractivity contribution in [1.29, 1.82) is 0 Å². The van der Waals surface area contributed by atoms with E-state index in [2.05, 4.69) is 26.4 Å². The van der Waals surface area contributed by atoms with Crippen LogP contribution >= 0.6 is 0 Å². The molecule has 0 aliphatic carbocycles. The van der Waals surface area contributed by atoms with Gasteiger partial charge in [0.15, 0.2) is 5.66 Å². The summed E-state index contributed by atoms with van der Waals surface area (Å²) in [6, 6.07) is 1.79. The Hall–Kier alpha value is -2.42. The highest BCUT2D eigenvalue weighted by molar-refractivity contribution is 5.93. The number of rotatable bonds is 7. The summed E-state index contributed by atoms with van der Waals surface area (Å²) in [6.07, 6.45) is 7.46. The molecule has 6 nitrogen and oxygen atoms in total. The van der Waals surface area contributed by atoms with Gasteiger partial charge in [0.2, 0.25) is 5.91 Å². The minimum absolute atomic E-state index is 0.107. The number of anilines is 1. The number of aromatic nitrogens is 1. The molecule has 1 aromatic heterocycles. The SMILES string of the molecule is C#CCCC1(CCC(=O)Nc2c(OC)cc(C)nc2C)N=N1. The van der Waals surface area contributed by atoms with Crippen molar-refractivity contribution in [2.45, 2.75) is 45.2 Å². The van der Waals surface area contributed by atoms with E-state index in [1.807, 2.05) is 13.8 Å². The molecule has 1 aliphatic rings. The van der Waals surface area contributed by atoms with Gasteiger partial charge in [-0.05, 0) is 13.8 Å². The van der Waals surface area contributed by atoms with Crippen LogP contribution in [-0.2, 0) is 4.79 Å². The molecule has 0 radical (unpaired) electrons. The Morgan fingerprint density at radius 3 is 2.73 bits per heavy atom. The lowest BCUT2D eigenvalue weighted by Crippen LogP contribution is -2.18. The predicted molar refractivity (Wildman–Crippen MR) is 83.8 cm³/mol. The summed E-state index contributed by atoms with van der Waals surface area (Å²) in [5, 5.41) is 10.9. The molecule has 22 heavy (non-hydrogen) atoms. The normalized spacial score (nSPS) is 14.3. The number of aryl methyl sites for hydroxylation is 2. The van der Waals surface area contributed by atoms with E-state index >= 15 is 0 Å². The molecule has 0 saturated carbocycles. The lowest BCUT2D eigenvalue weighted by atomic mass is 10.0. The van der Waals surface area contributed by atoms with Gasteiger partial charge in [-0.15, -0.1) is 12.3 Å². The number of ether oxygens (including phenoxy) is 1. The standard InChI is InChI=1S/C16H20N4O2/c1-5-6-8-16(19-20-16)9-7-14(21)18-15-12(3)17-11(2)10-13(15)22-4/h1,10H,6-9H2,2-4H3,(H,18,21). The summed E-state index contributed by atoms with van der Waals surface area (Å²) in [7, 11) is 1.57. The molecule has 2 heterocycles. The summed E-state index contributed by atoms with van der Waals surface area (Å²) < 4.78 is 5.30. The molecule has 0 bridgehead atoms. The third-order valence-corrected chi connectivity index (χ3v) is 3.58. The molecular weight excluding hydrogens is 280 g/mol. The zero-order valence-corrected chi connectivity index (χ0v) is 13.1. The van der Waals surface area contributed by atoms with E-state index in [1.165, 1.54) is 0 Å². The van der Waals surface area contributed by atoms with E-state index in [-0.39, 0.29) is 5.91 Å². The summed E-state index contributed by atoms with van der Waals surface area (Å²) in [5.41, 5.74) is 1.75. The highest BCUT2D eigenvalue weighted by atomic mass is 16.5. The molecule has 0 atom stereocenters. The van der Waals surface area contributed by atoms with Gasteiger partial charge in [-0.25, -0.2) is 0 Å². The first-order valence-corrected chi connectivity index (χ1v) is 7.19. The minimum Gasteiger partial charge on any atom is -0.494 e. The third kappa shape index (κ3) is 3.82. The van der Waals surface area contributed by atoms with E-state index in [4.69, 9.17) is 11.2 Å². The van der Waals surface area contributed by atoms with Crippen LogP contribution in [0.25, 0.3) is 0 Å². The fourth-order valence-corrected chi connectivity index (χ4v) is 2.29. The van der Waals surface area contributed by atoms with Crippen molar-refractivity contribution < 1.29 is 9.53 Å². The lowest BCUT2D eigenvalue weighted by molar-refractivity contribution is -0.116. The highest BCUT2D eigenvalue weighted by Gasteiger charge is 2.39. The Kier molecular flexibility index (Phi) is 4.76. The molecule has 1 aromatic rings. The van der Waals surface area contributed by atoms with Crippen LogP contribution in [0.1, 0.15) is 37.1 Å².